The van der Waals surface area contributed by atoms with Gasteiger partial charge in [-0.3, -0.25) is 4.90 Å². The summed E-state index contributed by atoms with van der Waals surface area (Å²) in [6, 6.07) is 0. The van der Waals surface area contributed by atoms with Gasteiger partial charge in [0, 0.05) is 37.8 Å². The predicted molar refractivity (Wildman–Crippen MR) is 66.2 cm³/mol. The van der Waals surface area contributed by atoms with E-state index in [0.29, 0.717) is 5.01 Å². The van der Waals surface area contributed by atoms with Gasteiger partial charge in [-0.1, -0.05) is 0 Å². The van der Waals surface area contributed by atoms with Gasteiger partial charge in [-0.15, -0.1) is 11.3 Å². The summed E-state index contributed by atoms with van der Waals surface area (Å²) in [5, 5.41) is 12.0. The third-order valence-corrected chi connectivity index (χ3v) is 4.38. The second kappa shape index (κ2) is 4.72. The van der Waals surface area contributed by atoms with Gasteiger partial charge >= 0.3 is 5.97 Å². The van der Waals surface area contributed by atoms with Crippen LogP contribution in [0.3, 0.4) is 0 Å². The smallest absolute Gasteiger partial charge is 0.331 e. The zero-order valence-corrected chi connectivity index (χ0v) is 10.9. The first-order chi connectivity index (χ1) is 8.05. The number of carbonyl (C=O) groups is 1. The molecule has 2 rings (SSSR count). The van der Waals surface area contributed by atoms with Crippen molar-refractivity contribution in [1.29, 1.82) is 0 Å². The molecule has 0 saturated carbocycles. The van der Waals surface area contributed by atoms with E-state index in [-0.39, 0.29) is 0 Å². The molecule has 5 nitrogen and oxygen atoms in total. The molecule has 0 aliphatic carbocycles. The quantitative estimate of drug-likeness (QED) is 0.861. The van der Waals surface area contributed by atoms with Gasteiger partial charge in [0.2, 0.25) is 0 Å². The minimum absolute atomic E-state index is 0.662. The second-order valence-corrected chi connectivity index (χ2v) is 5.40. The first kappa shape index (κ1) is 12.5. The summed E-state index contributed by atoms with van der Waals surface area (Å²) in [7, 11) is 2.05. The molecule has 1 aromatic heterocycles. The minimum Gasteiger partial charge on any atom is -0.480 e. The standard InChI is InChI=1S/C11H17N3O2S/c1-11(10(15)16,9-12-3-8-17-9)14-6-4-13(2)5-7-14/h3,8H,4-7H2,1-2H3,(H,15,16). The Balaban J connectivity index is 2.26. The third kappa shape index (κ3) is 2.20. The molecular formula is C11H17N3O2S. The second-order valence-electron chi connectivity index (χ2n) is 4.50. The summed E-state index contributed by atoms with van der Waals surface area (Å²) in [6.07, 6.45) is 1.66. The zero-order valence-electron chi connectivity index (χ0n) is 10.1. The van der Waals surface area contributed by atoms with E-state index in [2.05, 4.69) is 16.9 Å². The van der Waals surface area contributed by atoms with Gasteiger partial charge in [0.1, 0.15) is 5.01 Å². The van der Waals surface area contributed by atoms with E-state index in [4.69, 9.17) is 0 Å². The topological polar surface area (TPSA) is 56.7 Å². The van der Waals surface area contributed by atoms with Crippen molar-refractivity contribution in [2.45, 2.75) is 12.5 Å². The van der Waals surface area contributed by atoms with Gasteiger partial charge in [-0.25, -0.2) is 9.78 Å². The van der Waals surface area contributed by atoms with Crippen LogP contribution in [0.4, 0.5) is 0 Å². The molecule has 1 saturated heterocycles. The predicted octanol–water partition coefficient (Wildman–Crippen LogP) is 0.690. The molecule has 1 aliphatic heterocycles. The van der Waals surface area contributed by atoms with Crippen LogP contribution >= 0.6 is 11.3 Å². The van der Waals surface area contributed by atoms with Crippen molar-refractivity contribution in [2.24, 2.45) is 0 Å². The SMILES string of the molecule is CN1CCN(C(C)(C(=O)O)c2nccs2)CC1. The van der Waals surface area contributed by atoms with Gasteiger partial charge in [-0.05, 0) is 14.0 Å². The van der Waals surface area contributed by atoms with E-state index in [0.717, 1.165) is 26.2 Å². The van der Waals surface area contributed by atoms with Crippen molar-refractivity contribution in [3.8, 4) is 0 Å². The van der Waals surface area contributed by atoms with Crippen molar-refractivity contribution < 1.29 is 9.90 Å². The number of likely N-dealkylation sites (N-methyl/N-ethyl adjacent to an activating group) is 1. The van der Waals surface area contributed by atoms with Crippen LogP contribution in [0.25, 0.3) is 0 Å². The lowest BCUT2D eigenvalue weighted by atomic mass is 10.00. The molecule has 0 spiro atoms. The molecule has 6 heteroatoms. The van der Waals surface area contributed by atoms with Crippen molar-refractivity contribution in [2.75, 3.05) is 33.2 Å². The lowest BCUT2D eigenvalue weighted by Gasteiger charge is -2.41. The average Bonchev–Trinajstić information content (AvgIpc) is 2.82. The fourth-order valence-corrected chi connectivity index (χ4v) is 2.90. The number of hydrogen-bond acceptors (Lipinski definition) is 5. The molecule has 1 fully saturated rings. The maximum Gasteiger partial charge on any atom is 0.331 e. The van der Waals surface area contributed by atoms with Crippen molar-refractivity contribution >= 4 is 17.3 Å². The van der Waals surface area contributed by atoms with Gasteiger partial charge in [0.05, 0.1) is 0 Å². The summed E-state index contributed by atoms with van der Waals surface area (Å²) in [6.45, 7) is 5.07. The minimum atomic E-state index is -0.991. The molecule has 0 radical (unpaired) electrons. The molecule has 1 unspecified atom stereocenters. The van der Waals surface area contributed by atoms with E-state index in [1.165, 1.54) is 11.3 Å². The molecule has 2 heterocycles. The largest absolute Gasteiger partial charge is 0.480 e. The van der Waals surface area contributed by atoms with Crippen LogP contribution < -0.4 is 0 Å². The van der Waals surface area contributed by atoms with Crippen molar-refractivity contribution in [1.82, 2.24) is 14.8 Å². The van der Waals surface area contributed by atoms with Crippen LogP contribution in [0.2, 0.25) is 0 Å². The first-order valence-corrected chi connectivity index (χ1v) is 6.50. The van der Waals surface area contributed by atoms with E-state index >= 15 is 0 Å². The Bertz CT molecular complexity index is 387. The number of carboxylic acid groups (broad SMARTS) is 1. The van der Waals surface area contributed by atoms with Gasteiger partial charge in [-0.2, -0.15) is 0 Å². The van der Waals surface area contributed by atoms with Crippen LogP contribution in [0, 0.1) is 0 Å². The Morgan fingerprint density at radius 2 is 2.12 bits per heavy atom. The van der Waals surface area contributed by atoms with Crippen LogP contribution in [0.5, 0.6) is 0 Å². The van der Waals surface area contributed by atoms with Crippen molar-refractivity contribution in [3.05, 3.63) is 16.6 Å². The highest BCUT2D eigenvalue weighted by Gasteiger charge is 2.44. The Morgan fingerprint density at radius 3 is 2.59 bits per heavy atom. The number of aromatic nitrogens is 1. The fraction of sp³-hybridized carbons (Fsp3) is 0.636. The number of carboxylic acids is 1. The average molecular weight is 255 g/mol. The summed E-state index contributed by atoms with van der Waals surface area (Å²) in [5.74, 6) is -0.822. The third-order valence-electron chi connectivity index (χ3n) is 3.40. The molecule has 1 aliphatic rings. The molecule has 0 bridgehead atoms. The molecule has 0 amide bonds. The highest BCUT2D eigenvalue weighted by Crippen LogP contribution is 2.31. The molecule has 0 aromatic carbocycles. The number of rotatable bonds is 3. The lowest BCUT2D eigenvalue weighted by molar-refractivity contribution is -0.152. The molecule has 17 heavy (non-hydrogen) atoms. The fourth-order valence-electron chi connectivity index (χ4n) is 2.08. The van der Waals surface area contributed by atoms with Gasteiger partial charge in [0.25, 0.3) is 0 Å². The molecule has 1 atom stereocenters. The Hall–Kier alpha value is -0.980. The van der Waals surface area contributed by atoms with Crippen LogP contribution in [0.1, 0.15) is 11.9 Å². The lowest BCUT2D eigenvalue weighted by Crippen LogP contribution is -2.56. The van der Waals surface area contributed by atoms with E-state index in [9.17, 15) is 9.90 Å². The molecule has 1 N–H and O–H groups in total. The number of nitrogens with zero attached hydrogens (tertiary/aromatic N) is 3. The number of thiazole rings is 1. The monoisotopic (exact) mass is 255 g/mol. The number of hydrogen-bond donors (Lipinski definition) is 1. The number of aliphatic carboxylic acids is 1. The van der Waals surface area contributed by atoms with Crippen LogP contribution in [-0.2, 0) is 10.3 Å². The van der Waals surface area contributed by atoms with Crippen molar-refractivity contribution in [3.63, 3.8) is 0 Å². The van der Waals surface area contributed by atoms with Crippen LogP contribution in [0.15, 0.2) is 11.6 Å². The van der Waals surface area contributed by atoms with Gasteiger partial charge in [0.15, 0.2) is 5.54 Å². The maximum atomic E-state index is 11.6. The normalized spacial score (nSPS) is 22.2. The number of piperazine rings is 1. The molecule has 94 valence electrons. The summed E-state index contributed by atoms with van der Waals surface area (Å²) < 4.78 is 0. The maximum absolute atomic E-state index is 11.6. The zero-order chi connectivity index (χ0) is 12.5. The van der Waals surface area contributed by atoms with E-state index < -0.39 is 11.5 Å². The highest BCUT2D eigenvalue weighted by atomic mass is 32.1. The first-order valence-electron chi connectivity index (χ1n) is 5.62. The van der Waals surface area contributed by atoms with E-state index in [1.807, 2.05) is 10.3 Å². The van der Waals surface area contributed by atoms with Crippen LogP contribution in [-0.4, -0.2) is 59.1 Å². The van der Waals surface area contributed by atoms with Gasteiger partial charge < -0.3 is 10.0 Å². The Labute approximate surface area is 105 Å². The Kier molecular flexibility index (Phi) is 3.46. The molecular weight excluding hydrogens is 238 g/mol. The molecule has 1 aromatic rings. The van der Waals surface area contributed by atoms with E-state index in [1.54, 1.807) is 13.1 Å². The highest BCUT2D eigenvalue weighted by molar-refractivity contribution is 7.09. The summed E-state index contributed by atoms with van der Waals surface area (Å²) in [4.78, 5) is 20.0. The summed E-state index contributed by atoms with van der Waals surface area (Å²) in [5.41, 5.74) is -0.991. The Morgan fingerprint density at radius 1 is 1.47 bits per heavy atom. The summed E-state index contributed by atoms with van der Waals surface area (Å²) >= 11 is 1.41.